The van der Waals surface area contributed by atoms with Crippen LogP contribution < -0.4 is 11.1 Å². The van der Waals surface area contributed by atoms with E-state index in [2.05, 4.69) is 37.2 Å². The van der Waals surface area contributed by atoms with Crippen molar-refractivity contribution in [1.29, 1.82) is 0 Å². The van der Waals surface area contributed by atoms with Crippen molar-refractivity contribution in [2.24, 2.45) is 5.73 Å². The van der Waals surface area contributed by atoms with E-state index >= 15 is 0 Å². The predicted octanol–water partition coefficient (Wildman–Crippen LogP) is 2.29. The molecule has 3 N–H and O–H groups in total. The Hall–Kier alpha value is -0.390. The molecule has 1 rings (SSSR count). The van der Waals surface area contributed by atoms with Crippen LogP contribution in [-0.2, 0) is 0 Å². The Morgan fingerprint density at radius 1 is 1.53 bits per heavy atom. The molecule has 0 radical (unpaired) electrons. The summed E-state index contributed by atoms with van der Waals surface area (Å²) in [5.41, 5.74) is 6.03. The van der Waals surface area contributed by atoms with E-state index in [9.17, 15) is 4.79 Å². The van der Waals surface area contributed by atoms with E-state index in [0.717, 1.165) is 8.95 Å². The summed E-state index contributed by atoms with van der Waals surface area (Å²) in [6.07, 6.45) is 0. The third kappa shape index (κ3) is 3.59. The van der Waals surface area contributed by atoms with Gasteiger partial charge in [-0.15, -0.1) is 0 Å². The number of carbonyl (C=O) groups excluding carboxylic acids is 1. The van der Waals surface area contributed by atoms with E-state index in [1.165, 1.54) is 0 Å². The average Bonchev–Trinajstić information content (AvgIpc) is 2.21. The largest absolute Gasteiger partial charge is 0.348 e. The molecule has 15 heavy (non-hydrogen) atoms. The molecule has 0 aromatic heterocycles. The number of rotatable bonds is 3. The minimum absolute atomic E-state index is 0.0246. The smallest absolute Gasteiger partial charge is 0.252 e. The number of amides is 1. The number of benzene rings is 1. The van der Waals surface area contributed by atoms with Crippen molar-refractivity contribution in [2.75, 3.05) is 6.54 Å². The van der Waals surface area contributed by atoms with Gasteiger partial charge in [0, 0.05) is 21.5 Å². The molecule has 0 aliphatic heterocycles. The predicted molar refractivity (Wildman–Crippen MR) is 67.8 cm³/mol. The lowest BCUT2D eigenvalue weighted by Crippen LogP contribution is -2.37. The van der Waals surface area contributed by atoms with Crippen LogP contribution in [0.25, 0.3) is 0 Å². The van der Waals surface area contributed by atoms with Crippen LogP contribution >= 0.6 is 31.9 Å². The van der Waals surface area contributed by atoms with E-state index in [-0.39, 0.29) is 11.9 Å². The fraction of sp³-hybridized carbons (Fsp3) is 0.300. The van der Waals surface area contributed by atoms with Gasteiger partial charge in [-0.1, -0.05) is 15.9 Å². The summed E-state index contributed by atoms with van der Waals surface area (Å²) in [5, 5.41) is 2.80. The van der Waals surface area contributed by atoms with Gasteiger partial charge in [0.2, 0.25) is 0 Å². The maximum absolute atomic E-state index is 11.8. The molecule has 0 saturated heterocycles. The second-order valence-corrected chi connectivity index (χ2v) is 5.00. The van der Waals surface area contributed by atoms with Crippen molar-refractivity contribution in [3.63, 3.8) is 0 Å². The molecule has 3 nitrogen and oxygen atoms in total. The molecule has 82 valence electrons. The molecule has 1 aromatic rings. The summed E-state index contributed by atoms with van der Waals surface area (Å²) in [6.45, 7) is 2.29. The maximum atomic E-state index is 11.8. The molecule has 0 saturated carbocycles. The zero-order valence-corrected chi connectivity index (χ0v) is 11.4. The first-order chi connectivity index (χ1) is 7.04. The number of hydrogen-bond donors (Lipinski definition) is 2. The van der Waals surface area contributed by atoms with Crippen LogP contribution in [0.4, 0.5) is 0 Å². The summed E-state index contributed by atoms with van der Waals surface area (Å²) in [5.74, 6) is -0.124. The molecule has 1 unspecified atom stereocenters. The van der Waals surface area contributed by atoms with E-state index < -0.39 is 0 Å². The molecular formula is C10H12Br2N2O. The molecule has 0 aliphatic rings. The lowest BCUT2D eigenvalue weighted by molar-refractivity contribution is 0.0940. The van der Waals surface area contributed by atoms with Gasteiger partial charge in [-0.2, -0.15) is 0 Å². The number of nitrogens with one attached hydrogen (secondary N) is 1. The molecule has 0 aliphatic carbocycles. The van der Waals surface area contributed by atoms with Crippen LogP contribution in [-0.4, -0.2) is 18.5 Å². The van der Waals surface area contributed by atoms with Crippen LogP contribution in [0.2, 0.25) is 0 Å². The standard InChI is InChI=1S/C10H12Br2N2O/c1-6(5-13)14-10(15)8-4-7(11)2-3-9(8)12/h2-4,6H,5,13H2,1H3,(H,14,15). The highest BCUT2D eigenvalue weighted by atomic mass is 79.9. The molecule has 1 amide bonds. The summed E-state index contributed by atoms with van der Waals surface area (Å²) < 4.78 is 1.64. The van der Waals surface area contributed by atoms with Gasteiger partial charge in [-0.25, -0.2) is 0 Å². The SMILES string of the molecule is CC(CN)NC(=O)c1cc(Br)ccc1Br. The highest BCUT2D eigenvalue weighted by Crippen LogP contribution is 2.21. The number of halogens is 2. The number of nitrogens with two attached hydrogens (primary N) is 1. The van der Waals surface area contributed by atoms with Gasteiger partial charge in [0.05, 0.1) is 5.56 Å². The zero-order chi connectivity index (χ0) is 11.4. The Bertz CT molecular complexity index is 368. The van der Waals surface area contributed by atoms with E-state index in [4.69, 9.17) is 5.73 Å². The fourth-order valence-electron chi connectivity index (χ4n) is 1.03. The van der Waals surface area contributed by atoms with Crippen LogP contribution in [0, 0.1) is 0 Å². The van der Waals surface area contributed by atoms with Crippen molar-refractivity contribution < 1.29 is 4.79 Å². The monoisotopic (exact) mass is 334 g/mol. The van der Waals surface area contributed by atoms with Crippen molar-refractivity contribution in [3.05, 3.63) is 32.7 Å². The molecule has 0 bridgehead atoms. The molecule has 5 heteroatoms. The summed E-state index contributed by atoms with van der Waals surface area (Å²) >= 11 is 6.65. The first kappa shape index (κ1) is 12.7. The summed E-state index contributed by atoms with van der Waals surface area (Å²) in [7, 11) is 0. The van der Waals surface area contributed by atoms with Gasteiger partial charge in [-0.05, 0) is 41.1 Å². The van der Waals surface area contributed by atoms with Crippen molar-refractivity contribution in [3.8, 4) is 0 Å². The first-order valence-electron chi connectivity index (χ1n) is 4.50. The Labute approximate surface area is 106 Å². The van der Waals surface area contributed by atoms with E-state index in [1.54, 1.807) is 6.07 Å². The van der Waals surface area contributed by atoms with E-state index in [0.29, 0.717) is 12.1 Å². The Morgan fingerprint density at radius 2 is 2.20 bits per heavy atom. The third-order valence-corrected chi connectivity index (χ3v) is 3.09. The molecule has 1 atom stereocenters. The van der Waals surface area contributed by atoms with Gasteiger partial charge in [-0.3, -0.25) is 4.79 Å². The number of carbonyl (C=O) groups is 1. The van der Waals surface area contributed by atoms with Crippen LogP contribution in [0.3, 0.4) is 0 Å². The van der Waals surface area contributed by atoms with Crippen molar-refractivity contribution >= 4 is 37.8 Å². The first-order valence-corrected chi connectivity index (χ1v) is 6.09. The third-order valence-electron chi connectivity index (χ3n) is 1.90. The minimum atomic E-state index is -0.124. The summed E-state index contributed by atoms with van der Waals surface area (Å²) in [6, 6.07) is 5.44. The van der Waals surface area contributed by atoms with Gasteiger partial charge in [0.1, 0.15) is 0 Å². The summed E-state index contributed by atoms with van der Waals surface area (Å²) in [4.78, 5) is 11.8. The maximum Gasteiger partial charge on any atom is 0.252 e. The van der Waals surface area contributed by atoms with Crippen LogP contribution in [0.15, 0.2) is 27.1 Å². The lowest BCUT2D eigenvalue weighted by Gasteiger charge is -2.12. The fourth-order valence-corrected chi connectivity index (χ4v) is 1.82. The van der Waals surface area contributed by atoms with Gasteiger partial charge >= 0.3 is 0 Å². The average molecular weight is 336 g/mol. The molecular weight excluding hydrogens is 324 g/mol. The molecule has 1 aromatic carbocycles. The van der Waals surface area contributed by atoms with Gasteiger partial charge < -0.3 is 11.1 Å². The molecule has 0 fully saturated rings. The minimum Gasteiger partial charge on any atom is -0.348 e. The van der Waals surface area contributed by atoms with Crippen LogP contribution in [0.5, 0.6) is 0 Å². The zero-order valence-electron chi connectivity index (χ0n) is 8.26. The highest BCUT2D eigenvalue weighted by molar-refractivity contribution is 9.11. The van der Waals surface area contributed by atoms with E-state index in [1.807, 2.05) is 19.1 Å². The number of hydrogen-bond acceptors (Lipinski definition) is 2. The Kier molecular flexibility index (Phi) is 4.76. The second kappa shape index (κ2) is 5.63. The van der Waals surface area contributed by atoms with Gasteiger partial charge in [0.25, 0.3) is 5.91 Å². The lowest BCUT2D eigenvalue weighted by atomic mass is 10.2. The van der Waals surface area contributed by atoms with Crippen molar-refractivity contribution in [1.82, 2.24) is 5.32 Å². The normalized spacial score (nSPS) is 12.3. The van der Waals surface area contributed by atoms with Gasteiger partial charge in [0.15, 0.2) is 0 Å². The van der Waals surface area contributed by atoms with Crippen LogP contribution in [0.1, 0.15) is 17.3 Å². The Morgan fingerprint density at radius 3 is 2.80 bits per heavy atom. The highest BCUT2D eigenvalue weighted by Gasteiger charge is 2.12. The topological polar surface area (TPSA) is 55.1 Å². The second-order valence-electron chi connectivity index (χ2n) is 3.23. The Balaban J connectivity index is 2.86. The quantitative estimate of drug-likeness (QED) is 0.890. The molecule has 0 spiro atoms. The molecule has 0 heterocycles. The van der Waals surface area contributed by atoms with Crippen molar-refractivity contribution in [2.45, 2.75) is 13.0 Å².